The van der Waals surface area contributed by atoms with Crippen LogP contribution < -0.4 is 14.9 Å². The molecule has 3 rings (SSSR count). The number of nitrogens with one attached hydrogen (secondary N) is 1. The van der Waals surface area contributed by atoms with Crippen LogP contribution in [-0.2, 0) is 0 Å². The predicted molar refractivity (Wildman–Crippen MR) is 125 cm³/mol. The molecule has 0 heterocycles. The second kappa shape index (κ2) is 11.7. The van der Waals surface area contributed by atoms with E-state index in [1.54, 1.807) is 72.8 Å². The SMILES string of the molecule is CCCCOc1ccc(C(=O)N/N=C\c2ccc(OC(=O)c3cccc(Cl)c3)cc2)cc1. The van der Waals surface area contributed by atoms with Crippen LogP contribution >= 0.6 is 11.6 Å². The molecule has 6 nitrogen and oxygen atoms in total. The van der Waals surface area contributed by atoms with Gasteiger partial charge in [0.25, 0.3) is 5.91 Å². The van der Waals surface area contributed by atoms with Gasteiger partial charge in [0.2, 0.25) is 0 Å². The molecule has 1 amide bonds. The molecular weight excluding hydrogens is 428 g/mol. The lowest BCUT2D eigenvalue weighted by molar-refractivity contribution is 0.0734. The van der Waals surface area contributed by atoms with Gasteiger partial charge in [-0.25, -0.2) is 10.2 Å². The van der Waals surface area contributed by atoms with Gasteiger partial charge in [-0.05, 0) is 78.7 Å². The fourth-order valence-electron chi connectivity index (χ4n) is 2.67. The third kappa shape index (κ3) is 6.96. The van der Waals surface area contributed by atoms with Crippen LogP contribution in [-0.4, -0.2) is 24.7 Å². The van der Waals surface area contributed by atoms with E-state index in [1.807, 2.05) is 0 Å². The van der Waals surface area contributed by atoms with Gasteiger partial charge in [-0.3, -0.25) is 4.79 Å². The zero-order valence-corrected chi connectivity index (χ0v) is 18.3. The summed E-state index contributed by atoms with van der Waals surface area (Å²) in [5, 5.41) is 4.43. The molecule has 0 radical (unpaired) electrons. The highest BCUT2D eigenvalue weighted by molar-refractivity contribution is 6.30. The number of amides is 1. The standard InChI is InChI=1S/C25H23ClN2O4/c1-2-3-15-31-22-13-9-19(10-14-22)24(29)28-27-17-18-7-11-23(12-8-18)32-25(30)20-5-4-6-21(26)16-20/h4-14,16-17H,2-3,15H2,1H3,(H,28,29)/b27-17-. The van der Waals surface area contributed by atoms with Crippen LogP contribution in [0.15, 0.2) is 77.9 Å². The minimum atomic E-state index is -0.497. The van der Waals surface area contributed by atoms with Crippen LogP contribution in [0.4, 0.5) is 0 Å². The van der Waals surface area contributed by atoms with E-state index in [-0.39, 0.29) is 5.91 Å². The normalized spacial score (nSPS) is 10.7. The summed E-state index contributed by atoms with van der Waals surface area (Å²) in [7, 11) is 0. The topological polar surface area (TPSA) is 77.0 Å². The molecule has 0 saturated heterocycles. The first-order chi connectivity index (χ1) is 15.5. The highest BCUT2D eigenvalue weighted by Gasteiger charge is 2.09. The number of ether oxygens (including phenoxy) is 2. The van der Waals surface area contributed by atoms with E-state index in [0.29, 0.717) is 28.5 Å². The average molecular weight is 451 g/mol. The molecule has 164 valence electrons. The van der Waals surface area contributed by atoms with Gasteiger partial charge in [0, 0.05) is 10.6 Å². The molecule has 0 spiro atoms. The van der Waals surface area contributed by atoms with Gasteiger partial charge in [-0.1, -0.05) is 31.0 Å². The molecule has 0 aromatic heterocycles. The molecule has 3 aromatic carbocycles. The van der Waals surface area contributed by atoms with E-state index >= 15 is 0 Å². The van der Waals surface area contributed by atoms with Gasteiger partial charge in [0.1, 0.15) is 11.5 Å². The summed E-state index contributed by atoms with van der Waals surface area (Å²) < 4.78 is 10.9. The Morgan fingerprint density at radius 3 is 2.38 bits per heavy atom. The van der Waals surface area contributed by atoms with E-state index in [0.717, 1.165) is 24.2 Å². The summed E-state index contributed by atoms with van der Waals surface area (Å²) in [6.07, 6.45) is 3.56. The Hall–Kier alpha value is -3.64. The average Bonchev–Trinajstić information content (AvgIpc) is 2.81. The molecule has 7 heteroatoms. The van der Waals surface area contributed by atoms with Crippen molar-refractivity contribution in [3.05, 3.63) is 94.5 Å². The molecule has 0 bridgehead atoms. The van der Waals surface area contributed by atoms with Crippen LogP contribution in [0.3, 0.4) is 0 Å². The smallest absolute Gasteiger partial charge is 0.343 e. The number of nitrogens with zero attached hydrogens (tertiary/aromatic N) is 1. The Labute approximate surface area is 191 Å². The van der Waals surface area contributed by atoms with E-state index in [4.69, 9.17) is 21.1 Å². The van der Waals surface area contributed by atoms with Gasteiger partial charge in [0.05, 0.1) is 18.4 Å². The van der Waals surface area contributed by atoms with Crippen molar-refractivity contribution < 1.29 is 19.1 Å². The van der Waals surface area contributed by atoms with Crippen LogP contribution in [0.2, 0.25) is 5.02 Å². The summed E-state index contributed by atoms with van der Waals surface area (Å²) in [6, 6.07) is 20.2. The largest absolute Gasteiger partial charge is 0.494 e. The number of hydrogen-bond donors (Lipinski definition) is 1. The maximum Gasteiger partial charge on any atom is 0.343 e. The molecule has 32 heavy (non-hydrogen) atoms. The fourth-order valence-corrected chi connectivity index (χ4v) is 2.86. The maximum atomic E-state index is 12.2. The van der Waals surface area contributed by atoms with Gasteiger partial charge < -0.3 is 9.47 Å². The zero-order valence-electron chi connectivity index (χ0n) is 17.6. The molecule has 1 N–H and O–H groups in total. The van der Waals surface area contributed by atoms with Crippen molar-refractivity contribution in [3.8, 4) is 11.5 Å². The van der Waals surface area contributed by atoms with Gasteiger partial charge in [-0.15, -0.1) is 0 Å². The number of rotatable bonds is 9. The van der Waals surface area contributed by atoms with Crippen LogP contribution in [0.1, 0.15) is 46.0 Å². The maximum absolute atomic E-state index is 12.2. The molecule has 0 aliphatic carbocycles. The molecule has 0 saturated carbocycles. The van der Waals surface area contributed by atoms with Crippen LogP contribution in [0.25, 0.3) is 0 Å². The number of esters is 1. The first kappa shape index (κ1) is 23.0. The van der Waals surface area contributed by atoms with Crippen molar-refractivity contribution in [1.82, 2.24) is 5.43 Å². The molecular formula is C25H23ClN2O4. The number of halogens is 1. The monoisotopic (exact) mass is 450 g/mol. The molecule has 0 aliphatic rings. The first-order valence-electron chi connectivity index (χ1n) is 10.2. The number of hydrogen-bond acceptors (Lipinski definition) is 5. The molecule has 3 aromatic rings. The Morgan fingerprint density at radius 2 is 1.69 bits per heavy atom. The first-order valence-corrected chi connectivity index (χ1v) is 10.6. The summed E-state index contributed by atoms with van der Waals surface area (Å²) in [5.41, 5.74) is 4.06. The van der Waals surface area contributed by atoms with Gasteiger partial charge in [0.15, 0.2) is 0 Å². The molecule has 0 aliphatic heterocycles. The lowest BCUT2D eigenvalue weighted by Gasteiger charge is -2.06. The summed E-state index contributed by atoms with van der Waals surface area (Å²) in [4.78, 5) is 24.4. The van der Waals surface area contributed by atoms with Crippen molar-refractivity contribution in [2.75, 3.05) is 6.61 Å². The molecule has 0 fully saturated rings. The van der Waals surface area contributed by atoms with Crippen molar-refractivity contribution in [2.45, 2.75) is 19.8 Å². The third-order valence-electron chi connectivity index (χ3n) is 4.41. The number of carbonyl (C=O) groups is 2. The number of hydrazone groups is 1. The lowest BCUT2D eigenvalue weighted by atomic mass is 10.2. The molecule has 0 unspecified atom stereocenters. The highest BCUT2D eigenvalue weighted by Crippen LogP contribution is 2.16. The molecule has 0 atom stereocenters. The van der Waals surface area contributed by atoms with Gasteiger partial charge in [-0.2, -0.15) is 5.10 Å². The lowest BCUT2D eigenvalue weighted by Crippen LogP contribution is -2.17. The van der Waals surface area contributed by atoms with Crippen LogP contribution in [0.5, 0.6) is 11.5 Å². The number of benzene rings is 3. The second-order valence-electron chi connectivity index (χ2n) is 6.89. The Bertz CT molecular complexity index is 1080. The summed E-state index contributed by atoms with van der Waals surface area (Å²) >= 11 is 5.89. The minimum absolute atomic E-state index is 0.326. The second-order valence-corrected chi connectivity index (χ2v) is 7.33. The third-order valence-corrected chi connectivity index (χ3v) is 4.65. The minimum Gasteiger partial charge on any atom is -0.494 e. The van der Waals surface area contributed by atoms with Crippen LogP contribution in [0, 0.1) is 0 Å². The zero-order chi connectivity index (χ0) is 22.8. The van der Waals surface area contributed by atoms with E-state index < -0.39 is 5.97 Å². The number of carbonyl (C=O) groups excluding carboxylic acids is 2. The van der Waals surface area contributed by atoms with E-state index in [2.05, 4.69) is 17.5 Å². The van der Waals surface area contributed by atoms with E-state index in [9.17, 15) is 9.59 Å². The predicted octanol–water partition coefficient (Wildman–Crippen LogP) is 5.50. The quantitative estimate of drug-likeness (QED) is 0.153. The highest BCUT2D eigenvalue weighted by atomic mass is 35.5. The van der Waals surface area contributed by atoms with Crippen molar-refractivity contribution in [3.63, 3.8) is 0 Å². The van der Waals surface area contributed by atoms with E-state index in [1.165, 1.54) is 6.21 Å². The summed E-state index contributed by atoms with van der Waals surface area (Å²) in [6.45, 7) is 2.76. The van der Waals surface area contributed by atoms with Crippen molar-refractivity contribution in [2.24, 2.45) is 5.10 Å². The Balaban J connectivity index is 1.50. The Kier molecular flexibility index (Phi) is 8.40. The summed E-state index contributed by atoms with van der Waals surface area (Å²) in [5.74, 6) is 0.295. The van der Waals surface area contributed by atoms with Gasteiger partial charge >= 0.3 is 5.97 Å². The van der Waals surface area contributed by atoms with Crippen molar-refractivity contribution in [1.29, 1.82) is 0 Å². The fraction of sp³-hybridized carbons (Fsp3) is 0.160. The van der Waals surface area contributed by atoms with Crippen molar-refractivity contribution >= 4 is 29.7 Å². The Morgan fingerprint density at radius 1 is 0.969 bits per heavy atom. The number of unbranched alkanes of at least 4 members (excludes halogenated alkanes) is 1.